The number of allylic oxidation sites excluding steroid dienone is 2. The van der Waals surface area contributed by atoms with Crippen LogP contribution in [0, 0.1) is 238 Å². The Balaban J connectivity index is 0.000000133. The molecule has 0 bridgehead atoms. The van der Waals surface area contributed by atoms with Crippen LogP contribution < -0.4 is 0 Å². The van der Waals surface area contributed by atoms with Crippen molar-refractivity contribution in [3.63, 3.8) is 0 Å². The molecule has 0 aromatic carbocycles. The van der Waals surface area contributed by atoms with Crippen LogP contribution in [-0.4, -0.2) is 129 Å². The predicted molar refractivity (Wildman–Crippen MR) is 604 cm³/mol. The molecule has 10 N–H and O–H groups in total. The number of alkyl halides is 3. The Labute approximate surface area is 910 Å². The smallest absolute Gasteiger partial charge is 0.393 e. The molecule has 20 aliphatic rings. The van der Waals surface area contributed by atoms with E-state index in [0.29, 0.717) is 134 Å². The van der Waals surface area contributed by atoms with Crippen molar-refractivity contribution in [2.75, 3.05) is 13.7 Å². The number of methoxy groups -OCH3 is 1. The van der Waals surface area contributed by atoms with E-state index in [1.165, 1.54) is 179 Å². The molecule has 0 saturated heterocycles. The lowest BCUT2D eigenvalue weighted by Crippen LogP contribution is -2.56. The maximum absolute atomic E-state index is 13.2. The fraction of sp³-hybridized carbons (Fsp3) is 0.970. The van der Waals surface area contributed by atoms with Gasteiger partial charge < -0.3 is 55.8 Å². The zero-order valence-corrected chi connectivity index (χ0v) is 101. The highest BCUT2D eigenvalue weighted by atomic mass is 19.4. The largest absolute Gasteiger partial charge is 0.414 e. The van der Waals surface area contributed by atoms with Crippen LogP contribution in [0.25, 0.3) is 0 Å². The van der Waals surface area contributed by atoms with Gasteiger partial charge in [-0.05, 0) is 572 Å². The first kappa shape index (κ1) is 120. The highest BCUT2D eigenvalue weighted by molar-refractivity contribution is 5.30. The third kappa shape index (κ3) is 22.5. The van der Waals surface area contributed by atoms with Crippen LogP contribution >= 0.6 is 0 Å². The number of aliphatic hydroxyl groups excluding tert-OH is 5. The Hall–Kier alpha value is -1.17. The van der Waals surface area contributed by atoms with Crippen molar-refractivity contribution in [3.8, 4) is 0 Å². The monoisotopic (exact) mass is 2090 g/mol. The molecule has 18 fully saturated rings. The van der Waals surface area contributed by atoms with E-state index < -0.39 is 35.0 Å². The third-order valence-corrected chi connectivity index (χ3v) is 54.9. The minimum absolute atomic E-state index is 0.0689. The maximum Gasteiger partial charge on any atom is 0.414 e. The summed E-state index contributed by atoms with van der Waals surface area (Å²) in [6.45, 7) is 58.2. The van der Waals surface area contributed by atoms with Gasteiger partial charge in [-0.2, -0.15) is 13.2 Å². The van der Waals surface area contributed by atoms with Crippen molar-refractivity contribution < 1.29 is 69.0 Å². The molecular formula is C135H233F3O11. The summed E-state index contributed by atoms with van der Waals surface area (Å²) >= 11 is 0. The predicted octanol–water partition coefficient (Wildman–Crippen LogP) is 32.1. The van der Waals surface area contributed by atoms with Crippen LogP contribution in [0.3, 0.4) is 0 Å². The summed E-state index contributed by atoms with van der Waals surface area (Å²) in [4.78, 5) is 0. The fourth-order valence-corrected chi connectivity index (χ4v) is 45.3. The summed E-state index contributed by atoms with van der Waals surface area (Å²) in [6, 6.07) is 0. The lowest BCUT2D eigenvalue weighted by Gasteiger charge is -2.62. The number of hydrogen-bond donors (Lipinski definition) is 10. The van der Waals surface area contributed by atoms with Gasteiger partial charge in [0.05, 0.1) is 59.0 Å². The molecule has 0 spiro atoms. The Morgan fingerprint density at radius 2 is 0.671 bits per heavy atom. The van der Waals surface area contributed by atoms with Gasteiger partial charge in [0.25, 0.3) is 0 Å². The van der Waals surface area contributed by atoms with Gasteiger partial charge in [-0.15, -0.1) is 0 Å². The zero-order chi connectivity index (χ0) is 109. The molecule has 14 heteroatoms. The summed E-state index contributed by atoms with van der Waals surface area (Å²) in [6.07, 6.45) is 57.9. The molecule has 11 nitrogen and oxygen atoms in total. The van der Waals surface area contributed by atoms with Gasteiger partial charge >= 0.3 is 6.18 Å². The normalized spacial score (nSPS) is 49.2. The zero-order valence-electron chi connectivity index (χ0n) is 101. The van der Waals surface area contributed by atoms with Crippen molar-refractivity contribution in [1.29, 1.82) is 0 Å². The van der Waals surface area contributed by atoms with Gasteiger partial charge in [-0.25, -0.2) is 0 Å². The first-order valence-corrected chi connectivity index (χ1v) is 64.7. The van der Waals surface area contributed by atoms with Crippen molar-refractivity contribution >= 4 is 0 Å². The second-order valence-corrected chi connectivity index (χ2v) is 62.8. The van der Waals surface area contributed by atoms with Crippen LogP contribution in [0.2, 0.25) is 0 Å². The summed E-state index contributed by atoms with van der Waals surface area (Å²) in [5.74, 6) is 20.3. The van der Waals surface area contributed by atoms with Gasteiger partial charge in [-0.1, -0.05) is 196 Å². The standard InChI is InChI=1S/2C28H50O2.C27H46O2.C27H48O2.C25H39F3O3/c1-18(2)7-12-25(29)19(3)22-10-11-23-21-9-8-20-17-26(4,30)15-16-27(20,5)24(21)13-14-28(22,23)6;1-6-28(30)16-14-21-20(17-28)8-9-23-22(21)13-15-27(5)24(10-11-25(23)27)19(4)26(29)12-7-18(2)3;1-7-27(29)15-14-25(5)19(16-27)8-9-20-22-11-10-21(18(4)24(28)17(2)3)26(22,6)13-12-23(20)25;1-6-8-24(28)18(3)21-11-12-22-20-10-9-19-17-27(29,7-2)16-15-25(19,4)23(20)13-14-26(21,22)5;1-15(21(29)25(26,27)28)18-7-8-19-17-6-5-16-13-24(30,14-31-4)12-11-22(16,2)20(17)9-10-23(18,19)3/h18-25,29-30H,7-17H2,1-6H3;18-26,29-30H,6-17H2,1-5H3;8,17-18,20-24,28-29H,7,9-16H2,1-6H3;18-24,28-29H,6-17H2,1-5H3;5,15,17-21,29-30H,6-14H2,1-4H3/t19-,20+,21-,22+,23-,24-,25+,26-,27-,28+;19-,20-,21-,22+,23+,24+,25-,26+,27+,28-;18-,20-,21+,22-,23-,24-,25-,26+,27-;18-,19-,20-,21+,22-,23-,24-,25-,26+,27-;15-,17-,18+,19-,20-,21-,22-,23+,24-/m00000/s1. The first-order chi connectivity index (χ1) is 69.8. The van der Waals surface area contributed by atoms with E-state index in [1.54, 1.807) is 19.6 Å². The lowest BCUT2D eigenvalue weighted by atomic mass is 9.43. The van der Waals surface area contributed by atoms with Gasteiger partial charge in [0, 0.05) is 7.11 Å². The van der Waals surface area contributed by atoms with Crippen LogP contribution in [0.4, 0.5) is 13.2 Å². The van der Waals surface area contributed by atoms with Gasteiger partial charge in [0.15, 0.2) is 6.10 Å². The van der Waals surface area contributed by atoms with Crippen LogP contribution in [0.5, 0.6) is 0 Å². The number of ether oxygens (including phenoxy) is 1. The Bertz CT molecular complexity index is 4430. The third-order valence-electron chi connectivity index (χ3n) is 54.9. The second-order valence-electron chi connectivity index (χ2n) is 62.8. The highest BCUT2D eigenvalue weighted by Gasteiger charge is 2.69. The maximum atomic E-state index is 13.2. The van der Waals surface area contributed by atoms with Gasteiger partial charge in [0.1, 0.15) is 0 Å². The fourth-order valence-electron chi connectivity index (χ4n) is 45.3. The second kappa shape index (κ2) is 45.5. The number of rotatable bonds is 24. The first-order valence-electron chi connectivity index (χ1n) is 64.7. The molecule has 18 saturated carbocycles. The quantitative estimate of drug-likeness (QED) is 0.0411. The van der Waals surface area contributed by atoms with Gasteiger partial charge in [-0.3, -0.25) is 0 Å². The number of halogens is 3. The Kier molecular flexibility index (Phi) is 36.7. The van der Waals surface area contributed by atoms with E-state index in [9.17, 15) is 64.2 Å². The van der Waals surface area contributed by atoms with Crippen molar-refractivity contribution in [2.45, 2.75) is 572 Å². The van der Waals surface area contributed by atoms with E-state index in [0.717, 1.165) is 249 Å². The highest BCUT2D eigenvalue weighted by Crippen LogP contribution is 2.76. The molecule has 0 heterocycles. The van der Waals surface area contributed by atoms with Crippen molar-refractivity contribution in [1.82, 2.24) is 0 Å². The molecule has 0 aliphatic heterocycles. The molecule has 149 heavy (non-hydrogen) atoms. The molecule has 20 rings (SSSR count). The molecular weight excluding hydrogens is 1850 g/mol. The molecule has 20 aliphatic carbocycles. The molecule has 48 atom stereocenters. The van der Waals surface area contributed by atoms with Crippen LogP contribution in [-0.2, 0) is 4.74 Å². The minimum Gasteiger partial charge on any atom is -0.393 e. The molecule has 0 unspecified atom stereocenters. The molecule has 0 aromatic rings. The number of aliphatic hydroxyl groups is 10. The summed E-state index contributed by atoms with van der Waals surface area (Å²) < 4.78 is 45.0. The van der Waals surface area contributed by atoms with E-state index in [2.05, 4.69) is 178 Å². The molecule has 860 valence electrons. The molecule has 0 radical (unpaired) electrons. The average Bonchev–Trinajstić information content (AvgIpc) is 1.69. The van der Waals surface area contributed by atoms with Crippen LogP contribution in [0.15, 0.2) is 23.3 Å². The summed E-state index contributed by atoms with van der Waals surface area (Å²) in [7, 11) is 1.63. The Morgan fingerprint density at radius 3 is 1.09 bits per heavy atom. The van der Waals surface area contributed by atoms with Crippen molar-refractivity contribution in [3.05, 3.63) is 23.3 Å². The van der Waals surface area contributed by atoms with Gasteiger partial charge in [0.2, 0.25) is 0 Å². The lowest BCUT2D eigenvalue weighted by molar-refractivity contribution is -0.227. The van der Waals surface area contributed by atoms with E-state index in [4.69, 9.17) is 4.74 Å². The summed E-state index contributed by atoms with van der Waals surface area (Å²) in [5, 5.41) is 108. The Morgan fingerprint density at radius 1 is 0.315 bits per heavy atom. The minimum atomic E-state index is -4.55. The number of fused-ring (bicyclic) bond motifs is 25. The molecule has 0 amide bonds. The average molecular weight is 2090 g/mol. The SMILES string of the molecule is CC(C)CC[C@@H](O)[C@@H](C)[C@H]1CC[C@H]2[C@@H]3CC[C@@H]4C[C@@](C)(O)CC[C@]4(C)[C@H]3CC[C@]12C.CCC[C@H](O)[C@@H](C)[C@H]1CC[C@H]2[C@@H]3CC[C@H]4C[C@](O)(CC)CC[C@]4(C)[C@H]3CC[C@]12C.CC[C@]1(O)CC[C@@]2(C)C(=CC[C@H]3[C@@H]4CC[C@H]([C@H](C)[C@@H](O)C(C)C)[C@@]4(C)CC[C@@H]32)C1.CC[C@]1(O)CC[C@H]2[C@@H](CC[C@@H]3[C@@H]2CC[C@]2(C)[C@@H]([C@H](C)[C@H](O)CCC(C)C)CC[C@@H]32)C1.COC[C@]1(O)CC[C@@]2(C)C(=CC[C@H]3[C@@H]4CC[C@H]([C@H](C)[C@H](O)C(F)(F)F)[C@@]4(C)CC[C@@H]32)C1. The van der Waals surface area contributed by atoms with E-state index >= 15 is 0 Å². The van der Waals surface area contributed by atoms with E-state index in [1.807, 2.05) is 0 Å². The summed E-state index contributed by atoms with van der Waals surface area (Å²) in [5.41, 5.74) is 3.40. The van der Waals surface area contributed by atoms with E-state index in [-0.39, 0.29) is 52.4 Å². The number of hydrogen-bond acceptors (Lipinski definition) is 11. The molecule has 0 aromatic heterocycles. The van der Waals surface area contributed by atoms with Crippen molar-refractivity contribution in [2.24, 2.45) is 238 Å². The van der Waals surface area contributed by atoms with Crippen LogP contribution in [0.1, 0.15) is 507 Å². The topological polar surface area (TPSA) is 212 Å².